The van der Waals surface area contributed by atoms with E-state index < -0.39 is 0 Å². The number of rotatable bonds is 5. The highest BCUT2D eigenvalue weighted by atomic mass is 16.1. The summed E-state index contributed by atoms with van der Waals surface area (Å²) in [4.78, 5) is 15.3. The Labute approximate surface area is 92.7 Å². The van der Waals surface area contributed by atoms with Gasteiger partial charge in [-0.25, -0.2) is 0 Å². The first kappa shape index (κ1) is 14.1. The minimum absolute atomic E-state index is 0.0462. The molecule has 0 saturated carbocycles. The van der Waals surface area contributed by atoms with Gasteiger partial charge in [-0.05, 0) is 42.0 Å². The van der Waals surface area contributed by atoms with Crippen LogP contribution in [0, 0.1) is 0 Å². The van der Waals surface area contributed by atoms with Crippen LogP contribution in [0.4, 0.5) is 0 Å². The molecule has 0 aromatic carbocycles. The number of amides is 1. The van der Waals surface area contributed by atoms with Crippen molar-refractivity contribution < 1.29 is 4.79 Å². The van der Waals surface area contributed by atoms with Gasteiger partial charge in [0.15, 0.2) is 0 Å². The maximum atomic E-state index is 11.3. The molecule has 0 aromatic rings. The lowest BCUT2D eigenvalue weighted by Crippen LogP contribution is -2.35. The number of carbonyl (C=O) groups is 1. The van der Waals surface area contributed by atoms with Gasteiger partial charge in [-0.3, -0.25) is 4.79 Å². The molecule has 0 aliphatic rings. The van der Waals surface area contributed by atoms with E-state index in [1.165, 1.54) is 0 Å². The number of hydrogen-bond donors (Lipinski definition) is 1. The molecule has 1 amide bonds. The van der Waals surface area contributed by atoms with E-state index in [9.17, 15) is 4.79 Å². The zero-order valence-electron chi connectivity index (χ0n) is 10.6. The van der Waals surface area contributed by atoms with Gasteiger partial charge in [0.2, 0.25) is 5.91 Å². The lowest BCUT2D eigenvalue weighted by molar-refractivity contribution is -0.115. The third kappa shape index (κ3) is 4.44. The molecule has 15 heavy (non-hydrogen) atoms. The fraction of sp³-hybridized carbons (Fsp3) is 0.727. The van der Waals surface area contributed by atoms with Crippen molar-refractivity contribution in [2.24, 2.45) is 5.73 Å². The molecular formula is C11H23N3O. The first-order valence-electron chi connectivity index (χ1n) is 5.11. The standard InChI is InChI=1S/C11H23N3O/c1-8(13(3)4)7-10(11(12)15)9(2)14(5)6/h7-9H,1-6H3,(H2,12,15). The van der Waals surface area contributed by atoms with E-state index in [2.05, 4.69) is 0 Å². The van der Waals surface area contributed by atoms with Crippen LogP contribution in [0.5, 0.6) is 0 Å². The van der Waals surface area contributed by atoms with Crippen molar-refractivity contribution in [3.8, 4) is 0 Å². The summed E-state index contributed by atoms with van der Waals surface area (Å²) in [6.07, 6.45) is 1.92. The summed E-state index contributed by atoms with van der Waals surface area (Å²) in [5.41, 5.74) is 6.04. The van der Waals surface area contributed by atoms with Crippen molar-refractivity contribution in [2.75, 3.05) is 28.2 Å². The Morgan fingerprint density at radius 2 is 1.60 bits per heavy atom. The molecule has 2 atom stereocenters. The monoisotopic (exact) mass is 213 g/mol. The van der Waals surface area contributed by atoms with E-state index >= 15 is 0 Å². The number of nitrogens with zero attached hydrogens (tertiary/aromatic N) is 2. The lowest BCUT2D eigenvalue weighted by Gasteiger charge is -2.24. The number of primary amides is 1. The van der Waals surface area contributed by atoms with E-state index in [1.54, 1.807) is 0 Å². The van der Waals surface area contributed by atoms with Crippen molar-refractivity contribution in [3.63, 3.8) is 0 Å². The highest BCUT2D eigenvalue weighted by molar-refractivity contribution is 5.93. The molecule has 4 nitrogen and oxygen atoms in total. The topological polar surface area (TPSA) is 49.6 Å². The van der Waals surface area contributed by atoms with Gasteiger partial charge in [0.05, 0.1) is 0 Å². The molecule has 0 saturated heterocycles. The van der Waals surface area contributed by atoms with Gasteiger partial charge in [0.1, 0.15) is 0 Å². The largest absolute Gasteiger partial charge is 0.366 e. The van der Waals surface area contributed by atoms with Gasteiger partial charge in [0.25, 0.3) is 0 Å². The predicted molar refractivity (Wildman–Crippen MR) is 63.6 cm³/mol. The molecule has 0 aromatic heterocycles. The van der Waals surface area contributed by atoms with Gasteiger partial charge in [-0.2, -0.15) is 0 Å². The number of nitrogens with two attached hydrogens (primary N) is 1. The van der Waals surface area contributed by atoms with Gasteiger partial charge in [-0.1, -0.05) is 6.08 Å². The summed E-state index contributed by atoms with van der Waals surface area (Å²) < 4.78 is 0. The summed E-state index contributed by atoms with van der Waals surface area (Å²) in [7, 11) is 7.81. The van der Waals surface area contributed by atoms with Crippen molar-refractivity contribution in [3.05, 3.63) is 11.6 Å². The highest BCUT2D eigenvalue weighted by Crippen LogP contribution is 2.09. The van der Waals surface area contributed by atoms with Gasteiger partial charge >= 0.3 is 0 Å². The van der Waals surface area contributed by atoms with Crippen LogP contribution >= 0.6 is 0 Å². The fourth-order valence-electron chi connectivity index (χ4n) is 1.11. The highest BCUT2D eigenvalue weighted by Gasteiger charge is 2.17. The van der Waals surface area contributed by atoms with Crippen LogP contribution in [-0.2, 0) is 4.79 Å². The Bertz CT molecular complexity index is 246. The SMILES string of the molecule is CC(C=C(C(N)=O)C(C)N(C)C)N(C)C. The van der Waals surface area contributed by atoms with E-state index in [0.29, 0.717) is 5.57 Å². The Kier molecular flexibility index (Phi) is 5.54. The van der Waals surface area contributed by atoms with Crippen LogP contribution in [0.2, 0.25) is 0 Å². The summed E-state index contributed by atoms with van der Waals surface area (Å²) in [6.45, 7) is 4.00. The van der Waals surface area contributed by atoms with E-state index in [4.69, 9.17) is 5.73 Å². The number of likely N-dealkylation sites (N-methyl/N-ethyl adjacent to an activating group) is 2. The second-order valence-corrected chi connectivity index (χ2v) is 4.33. The smallest absolute Gasteiger partial charge is 0.245 e. The molecule has 0 spiro atoms. The third-order valence-corrected chi connectivity index (χ3v) is 2.74. The molecule has 2 N–H and O–H groups in total. The molecule has 4 heteroatoms. The second-order valence-electron chi connectivity index (χ2n) is 4.33. The molecule has 0 rings (SSSR count). The molecule has 0 heterocycles. The second kappa shape index (κ2) is 5.88. The van der Waals surface area contributed by atoms with Crippen molar-refractivity contribution >= 4 is 5.91 Å². The minimum Gasteiger partial charge on any atom is -0.366 e. The van der Waals surface area contributed by atoms with Gasteiger partial charge in [0, 0.05) is 17.7 Å². The van der Waals surface area contributed by atoms with E-state index in [1.807, 2.05) is 57.9 Å². The first-order valence-corrected chi connectivity index (χ1v) is 5.11. The van der Waals surface area contributed by atoms with Crippen molar-refractivity contribution in [2.45, 2.75) is 25.9 Å². The van der Waals surface area contributed by atoms with Gasteiger partial charge in [-0.15, -0.1) is 0 Å². The Morgan fingerprint density at radius 3 is 1.87 bits per heavy atom. The maximum Gasteiger partial charge on any atom is 0.245 e. The molecule has 0 aliphatic carbocycles. The number of hydrogen-bond acceptors (Lipinski definition) is 3. The van der Waals surface area contributed by atoms with E-state index in [-0.39, 0.29) is 18.0 Å². The van der Waals surface area contributed by atoms with Crippen LogP contribution in [-0.4, -0.2) is 56.0 Å². The summed E-state index contributed by atoms with van der Waals surface area (Å²) >= 11 is 0. The Balaban J connectivity index is 4.89. The summed E-state index contributed by atoms with van der Waals surface area (Å²) in [5, 5.41) is 0. The van der Waals surface area contributed by atoms with Crippen molar-refractivity contribution in [1.29, 1.82) is 0 Å². The molecule has 88 valence electrons. The van der Waals surface area contributed by atoms with Crippen LogP contribution in [0.15, 0.2) is 11.6 Å². The number of carbonyl (C=O) groups excluding carboxylic acids is 1. The summed E-state index contributed by atoms with van der Waals surface area (Å²) in [6, 6.07) is 0.250. The zero-order valence-corrected chi connectivity index (χ0v) is 10.6. The maximum absolute atomic E-state index is 11.3. The van der Waals surface area contributed by atoms with Crippen LogP contribution in [0.1, 0.15) is 13.8 Å². The average molecular weight is 213 g/mol. The Hall–Kier alpha value is -0.870. The molecule has 0 bridgehead atoms. The molecule has 0 radical (unpaired) electrons. The van der Waals surface area contributed by atoms with E-state index in [0.717, 1.165) is 0 Å². The molecule has 0 fully saturated rings. The molecule has 2 unspecified atom stereocenters. The molecular weight excluding hydrogens is 190 g/mol. The Morgan fingerprint density at radius 1 is 1.13 bits per heavy atom. The van der Waals surface area contributed by atoms with Crippen molar-refractivity contribution in [1.82, 2.24) is 9.80 Å². The third-order valence-electron chi connectivity index (χ3n) is 2.74. The zero-order chi connectivity index (χ0) is 12.2. The van der Waals surface area contributed by atoms with Crippen LogP contribution in [0.25, 0.3) is 0 Å². The average Bonchev–Trinajstić information content (AvgIpc) is 2.11. The van der Waals surface area contributed by atoms with Crippen LogP contribution in [0.3, 0.4) is 0 Å². The quantitative estimate of drug-likeness (QED) is 0.668. The summed E-state index contributed by atoms with van der Waals surface area (Å²) in [5.74, 6) is -0.343. The molecule has 0 aliphatic heterocycles. The van der Waals surface area contributed by atoms with Gasteiger partial charge < -0.3 is 15.5 Å². The fourth-order valence-corrected chi connectivity index (χ4v) is 1.11. The van der Waals surface area contributed by atoms with Crippen LogP contribution < -0.4 is 5.73 Å². The normalized spacial score (nSPS) is 16.9. The first-order chi connectivity index (χ1) is 6.77. The minimum atomic E-state index is -0.343. The predicted octanol–water partition coefficient (Wildman–Crippen LogP) is 0.298. The lowest BCUT2D eigenvalue weighted by atomic mass is 10.0.